The van der Waals surface area contributed by atoms with Crippen molar-refractivity contribution in [3.63, 3.8) is 0 Å². The first-order valence-electron chi connectivity index (χ1n) is 3.95. The number of aldehydes is 1. The van der Waals surface area contributed by atoms with Crippen LogP contribution < -0.4 is 0 Å². The van der Waals surface area contributed by atoms with Crippen molar-refractivity contribution in [2.45, 2.75) is 13.3 Å². The largest absolute Gasteiger partial charge is 0.508 e. The van der Waals surface area contributed by atoms with Crippen molar-refractivity contribution < 1.29 is 9.90 Å². The second kappa shape index (κ2) is 3.90. The van der Waals surface area contributed by atoms with Crippen LogP contribution in [0.1, 0.15) is 12.5 Å². The number of phenols is 1. The molecule has 0 aliphatic heterocycles. The quantitative estimate of drug-likeness (QED) is 0.691. The minimum Gasteiger partial charge on any atom is -0.508 e. The second-order valence-electron chi connectivity index (χ2n) is 2.99. The summed E-state index contributed by atoms with van der Waals surface area (Å²) in [5.74, 6) is 0.275. The third-order valence-electron chi connectivity index (χ3n) is 1.70. The molecule has 0 aliphatic carbocycles. The molecule has 0 spiro atoms. The van der Waals surface area contributed by atoms with Gasteiger partial charge in [-0.1, -0.05) is 19.1 Å². The zero-order chi connectivity index (χ0) is 8.97. The fourth-order valence-electron chi connectivity index (χ4n) is 1.10. The highest BCUT2D eigenvalue weighted by atomic mass is 16.3. The molecule has 1 N–H and O–H groups in total. The summed E-state index contributed by atoms with van der Waals surface area (Å²) >= 11 is 0. The lowest BCUT2D eigenvalue weighted by Crippen LogP contribution is -1.99. The van der Waals surface area contributed by atoms with E-state index in [2.05, 4.69) is 0 Å². The molecule has 0 radical (unpaired) electrons. The van der Waals surface area contributed by atoms with Gasteiger partial charge in [0.2, 0.25) is 0 Å². The number of hydrogen-bond donors (Lipinski definition) is 1. The van der Waals surface area contributed by atoms with Crippen molar-refractivity contribution in [2.24, 2.45) is 5.92 Å². The predicted molar refractivity (Wildman–Crippen MR) is 47.0 cm³/mol. The molecule has 2 nitrogen and oxygen atoms in total. The summed E-state index contributed by atoms with van der Waals surface area (Å²) in [6.07, 6.45) is 1.61. The molecule has 0 aliphatic rings. The third-order valence-corrected chi connectivity index (χ3v) is 1.70. The van der Waals surface area contributed by atoms with Gasteiger partial charge in [0.15, 0.2) is 0 Å². The molecule has 0 amide bonds. The normalized spacial score (nSPS) is 12.4. The minimum atomic E-state index is 0.0202. The summed E-state index contributed by atoms with van der Waals surface area (Å²) in [6.45, 7) is 1.86. The van der Waals surface area contributed by atoms with E-state index >= 15 is 0 Å². The number of phenolic OH excluding ortho intramolecular Hbond substituents is 1. The van der Waals surface area contributed by atoms with Crippen molar-refractivity contribution in [3.05, 3.63) is 29.8 Å². The van der Waals surface area contributed by atoms with Crippen LogP contribution in [0.5, 0.6) is 5.75 Å². The summed E-state index contributed by atoms with van der Waals surface area (Å²) in [4.78, 5) is 10.3. The average molecular weight is 164 g/mol. The van der Waals surface area contributed by atoms with E-state index in [0.717, 1.165) is 11.8 Å². The molecule has 2 heteroatoms. The Morgan fingerprint density at radius 1 is 1.58 bits per heavy atom. The van der Waals surface area contributed by atoms with Gasteiger partial charge >= 0.3 is 0 Å². The fourth-order valence-corrected chi connectivity index (χ4v) is 1.10. The maximum Gasteiger partial charge on any atom is 0.123 e. The first kappa shape index (κ1) is 8.78. The summed E-state index contributed by atoms with van der Waals surface area (Å²) in [5.41, 5.74) is 0.995. The number of hydrogen-bond acceptors (Lipinski definition) is 2. The Morgan fingerprint density at radius 2 is 2.33 bits per heavy atom. The van der Waals surface area contributed by atoms with E-state index in [0.29, 0.717) is 6.42 Å². The van der Waals surface area contributed by atoms with Gasteiger partial charge < -0.3 is 9.90 Å². The van der Waals surface area contributed by atoms with E-state index in [1.165, 1.54) is 0 Å². The number of carbonyl (C=O) groups excluding carboxylic acids is 1. The highest BCUT2D eigenvalue weighted by Gasteiger charge is 2.01. The summed E-state index contributed by atoms with van der Waals surface area (Å²) in [7, 11) is 0. The highest BCUT2D eigenvalue weighted by molar-refractivity contribution is 5.53. The Kier molecular flexibility index (Phi) is 2.86. The van der Waals surface area contributed by atoms with Crippen LogP contribution in [0.15, 0.2) is 24.3 Å². The molecule has 1 aromatic rings. The van der Waals surface area contributed by atoms with Gasteiger partial charge in [0.1, 0.15) is 12.0 Å². The number of benzene rings is 1. The fraction of sp³-hybridized carbons (Fsp3) is 0.300. The molecule has 12 heavy (non-hydrogen) atoms. The molecule has 0 heterocycles. The molecule has 0 saturated heterocycles. The van der Waals surface area contributed by atoms with Gasteiger partial charge in [-0.15, -0.1) is 0 Å². The molecule has 64 valence electrons. The van der Waals surface area contributed by atoms with E-state index in [9.17, 15) is 4.79 Å². The average Bonchev–Trinajstić information content (AvgIpc) is 2.04. The lowest BCUT2D eigenvalue weighted by molar-refractivity contribution is -0.110. The molecule has 1 atom stereocenters. The van der Waals surface area contributed by atoms with E-state index < -0.39 is 0 Å². The minimum absolute atomic E-state index is 0.0202. The number of carbonyl (C=O) groups is 1. The van der Waals surface area contributed by atoms with E-state index in [1.54, 1.807) is 18.2 Å². The highest BCUT2D eigenvalue weighted by Crippen LogP contribution is 2.13. The van der Waals surface area contributed by atoms with Gasteiger partial charge in [-0.3, -0.25) is 0 Å². The van der Waals surface area contributed by atoms with Gasteiger partial charge in [-0.05, 0) is 24.1 Å². The topological polar surface area (TPSA) is 37.3 Å². The lowest BCUT2D eigenvalue weighted by Gasteiger charge is -2.03. The zero-order valence-corrected chi connectivity index (χ0v) is 7.03. The predicted octanol–water partition coefficient (Wildman–Crippen LogP) is 1.77. The molecule has 0 saturated carbocycles. The molecular weight excluding hydrogens is 152 g/mol. The van der Waals surface area contributed by atoms with Crippen molar-refractivity contribution in [3.8, 4) is 5.75 Å². The van der Waals surface area contributed by atoms with Crippen molar-refractivity contribution >= 4 is 6.29 Å². The molecular formula is C10H12O2. The summed E-state index contributed by atoms with van der Waals surface area (Å²) < 4.78 is 0. The molecule has 0 unspecified atom stereocenters. The Hall–Kier alpha value is -1.31. The molecule has 0 bridgehead atoms. The van der Waals surface area contributed by atoms with Crippen LogP contribution in [-0.2, 0) is 11.2 Å². The smallest absolute Gasteiger partial charge is 0.123 e. The molecule has 0 fully saturated rings. The van der Waals surface area contributed by atoms with Crippen molar-refractivity contribution in [1.29, 1.82) is 0 Å². The maximum atomic E-state index is 10.3. The Morgan fingerprint density at radius 3 is 2.92 bits per heavy atom. The van der Waals surface area contributed by atoms with Crippen LogP contribution >= 0.6 is 0 Å². The summed E-state index contributed by atoms with van der Waals surface area (Å²) in [5, 5.41) is 9.11. The van der Waals surface area contributed by atoms with Crippen LogP contribution in [0.2, 0.25) is 0 Å². The van der Waals surface area contributed by atoms with Crippen molar-refractivity contribution in [1.82, 2.24) is 0 Å². The Balaban J connectivity index is 2.69. The van der Waals surface area contributed by atoms with Crippen molar-refractivity contribution in [2.75, 3.05) is 0 Å². The Bertz CT molecular complexity index is 268. The van der Waals surface area contributed by atoms with Gasteiger partial charge in [-0.2, -0.15) is 0 Å². The molecule has 1 aromatic carbocycles. The maximum absolute atomic E-state index is 10.3. The van der Waals surface area contributed by atoms with E-state index in [1.807, 2.05) is 13.0 Å². The summed E-state index contributed by atoms with van der Waals surface area (Å²) in [6, 6.07) is 6.98. The van der Waals surface area contributed by atoms with E-state index in [-0.39, 0.29) is 11.7 Å². The van der Waals surface area contributed by atoms with Crippen LogP contribution in [0, 0.1) is 5.92 Å². The van der Waals surface area contributed by atoms with E-state index in [4.69, 9.17) is 5.11 Å². The Labute approximate surface area is 71.8 Å². The van der Waals surface area contributed by atoms with Gasteiger partial charge in [0, 0.05) is 5.92 Å². The first-order valence-corrected chi connectivity index (χ1v) is 3.95. The number of aromatic hydroxyl groups is 1. The van der Waals surface area contributed by atoms with Crippen LogP contribution in [0.3, 0.4) is 0 Å². The van der Waals surface area contributed by atoms with Crippen LogP contribution in [0.4, 0.5) is 0 Å². The van der Waals surface area contributed by atoms with Gasteiger partial charge in [-0.25, -0.2) is 0 Å². The standard InChI is InChI=1S/C10H12O2/c1-8(7-11)5-9-3-2-4-10(12)6-9/h2-4,6-8,12H,5H2,1H3/t8-/m1/s1. The first-order chi connectivity index (χ1) is 5.72. The van der Waals surface area contributed by atoms with Gasteiger partial charge in [0.05, 0.1) is 0 Å². The molecule has 0 aromatic heterocycles. The van der Waals surface area contributed by atoms with Crippen LogP contribution in [0.25, 0.3) is 0 Å². The number of rotatable bonds is 3. The third kappa shape index (κ3) is 2.38. The zero-order valence-electron chi connectivity index (χ0n) is 7.03. The van der Waals surface area contributed by atoms with Gasteiger partial charge in [0.25, 0.3) is 0 Å². The monoisotopic (exact) mass is 164 g/mol. The van der Waals surface area contributed by atoms with Crippen LogP contribution in [-0.4, -0.2) is 11.4 Å². The molecule has 1 rings (SSSR count). The second-order valence-corrected chi connectivity index (χ2v) is 2.99. The lowest BCUT2D eigenvalue weighted by atomic mass is 10.0. The SMILES string of the molecule is C[C@@H](C=O)Cc1cccc(O)c1.